The molecule has 0 radical (unpaired) electrons. The molecule has 1 aromatic rings. The second-order valence-electron chi connectivity index (χ2n) is 5.61. The summed E-state index contributed by atoms with van der Waals surface area (Å²) < 4.78 is 0. The lowest BCUT2D eigenvalue weighted by molar-refractivity contribution is -0.140. The number of aromatic nitrogens is 3. The van der Waals surface area contributed by atoms with Gasteiger partial charge in [0.25, 0.3) is 5.91 Å². The quantitative estimate of drug-likeness (QED) is 0.870. The highest BCUT2D eigenvalue weighted by atomic mass is 16.2. The van der Waals surface area contributed by atoms with Gasteiger partial charge in [0.1, 0.15) is 6.04 Å². The highest BCUT2D eigenvalue weighted by Gasteiger charge is 2.36. The summed E-state index contributed by atoms with van der Waals surface area (Å²) >= 11 is 0. The molecule has 2 rings (SSSR count). The molecule has 2 amide bonds. The molecule has 20 heavy (non-hydrogen) atoms. The summed E-state index contributed by atoms with van der Waals surface area (Å²) in [5, 5.41) is 10.2. The van der Waals surface area contributed by atoms with Crippen molar-refractivity contribution in [2.75, 3.05) is 19.6 Å². The van der Waals surface area contributed by atoms with E-state index in [0.717, 1.165) is 6.54 Å². The molecular formula is C13H21N5O2. The molecule has 1 saturated heterocycles. The third-order valence-electron chi connectivity index (χ3n) is 3.52. The Morgan fingerprint density at radius 3 is 2.65 bits per heavy atom. The fraction of sp³-hybridized carbons (Fsp3) is 0.692. The van der Waals surface area contributed by atoms with E-state index in [0.29, 0.717) is 30.4 Å². The maximum atomic E-state index is 12.4. The first-order valence-corrected chi connectivity index (χ1v) is 6.89. The fourth-order valence-electron chi connectivity index (χ4n) is 2.45. The van der Waals surface area contributed by atoms with Gasteiger partial charge in [0.15, 0.2) is 5.69 Å². The van der Waals surface area contributed by atoms with Crippen LogP contribution in [-0.4, -0.2) is 62.7 Å². The molecule has 0 bridgehead atoms. The fourth-order valence-corrected chi connectivity index (χ4v) is 2.45. The van der Waals surface area contributed by atoms with E-state index in [2.05, 4.69) is 29.3 Å². The summed E-state index contributed by atoms with van der Waals surface area (Å²) in [6.07, 6.45) is 0. The Kier molecular flexibility index (Phi) is 4.06. The SMILES string of the molecule is Cc1n[nH]nc1C(=O)N1CCN(CC(C)C)C(=O)[C@@H]1C. The highest BCUT2D eigenvalue weighted by Crippen LogP contribution is 2.16. The molecule has 0 aliphatic carbocycles. The minimum Gasteiger partial charge on any atom is -0.339 e. The van der Waals surface area contributed by atoms with Crippen molar-refractivity contribution in [3.8, 4) is 0 Å². The first-order chi connectivity index (χ1) is 9.41. The van der Waals surface area contributed by atoms with Crippen molar-refractivity contribution in [1.29, 1.82) is 0 Å². The van der Waals surface area contributed by atoms with Crippen molar-refractivity contribution in [3.63, 3.8) is 0 Å². The number of H-pyrrole nitrogens is 1. The van der Waals surface area contributed by atoms with E-state index in [1.54, 1.807) is 18.7 Å². The second-order valence-corrected chi connectivity index (χ2v) is 5.61. The molecule has 1 N–H and O–H groups in total. The van der Waals surface area contributed by atoms with Crippen molar-refractivity contribution in [1.82, 2.24) is 25.2 Å². The molecule has 0 saturated carbocycles. The van der Waals surface area contributed by atoms with Gasteiger partial charge in [-0.3, -0.25) is 9.59 Å². The lowest BCUT2D eigenvalue weighted by Gasteiger charge is -2.39. The molecule has 7 nitrogen and oxygen atoms in total. The maximum Gasteiger partial charge on any atom is 0.277 e. The van der Waals surface area contributed by atoms with E-state index in [1.807, 2.05) is 4.90 Å². The number of piperazine rings is 1. The number of carbonyl (C=O) groups excluding carboxylic acids is 2. The maximum absolute atomic E-state index is 12.4. The van der Waals surface area contributed by atoms with Crippen LogP contribution in [0.5, 0.6) is 0 Å². The Labute approximate surface area is 118 Å². The minimum atomic E-state index is -0.453. The number of carbonyl (C=O) groups is 2. The van der Waals surface area contributed by atoms with E-state index in [1.165, 1.54) is 0 Å². The Bertz CT molecular complexity index is 511. The van der Waals surface area contributed by atoms with Gasteiger partial charge < -0.3 is 9.80 Å². The van der Waals surface area contributed by atoms with Gasteiger partial charge in [-0.25, -0.2) is 0 Å². The number of nitrogens with zero attached hydrogens (tertiary/aromatic N) is 4. The van der Waals surface area contributed by atoms with Crippen LogP contribution in [0, 0.1) is 12.8 Å². The third kappa shape index (κ3) is 2.66. The molecule has 7 heteroatoms. The van der Waals surface area contributed by atoms with Gasteiger partial charge in [-0.15, -0.1) is 0 Å². The van der Waals surface area contributed by atoms with Crippen LogP contribution in [0.4, 0.5) is 0 Å². The van der Waals surface area contributed by atoms with Gasteiger partial charge in [0.2, 0.25) is 5.91 Å². The van der Waals surface area contributed by atoms with E-state index in [-0.39, 0.29) is 11.8 Å². The summed E-state index contributed by atoms with van der Waals surface area (Å²) in [5.41, 5.74) is 0.848. The summed E-state index contributed by atoms with van der Waals surface area (Å²) in [7, 11) is 0. The van der Waals surface area contributed by atoms with Gasteiger partial charge in [-0.05, 0) is 19.8 Å². The molecule has 1 fully saturated rings. The average molecular weight is 279 g/mol. The van der Waals surface area contributed by atoms with Crippen LogP contribution in [0.1, 0.15) is 37.0 Å². The van der Waals surface area contributed by atoms with Crippen molar-refractivity contribution < 1.29 is 9.59 Å². The van der Waals surface area contributed by atoms with Crippen molar-refractivity contribution in [2.24, 2.45) is 5.92 Å². The summed E-state index contributed by atoms with van der Waals surface area (Å²) in [4.78, 5) is 28.1. The van der Waals surface area contributed by atoms with Crippen LogP contribution in [0.25, 0.3) is 0 Å². The molecule has 0 spiro atoms. The molecule has 1 atom stereocenters. The van der Waals surface area contributed by atoms with Crippen LogP contribution >= 0.6 is 0 Å². The molecule has 2 heterocycles. The zero-order chi connectivity index (χ0) is 14.9. The van der Waals surface area contributed by atoms with Crippen molar-refractivity contribution in [2.45, 2.75) is 33.7 Å². The topological polar surface area (TPSA) is 82.2 Å². The lowest BCUT2D eigenvalue weighted by Crippen LogP contribution is -2.58. The number of hydrogen-bond donors (Lipinski definition) is 1. The Balaban J connectivity index is 2.11. The van der Waals surface area contributed by atoms with Crippen LogP contribution < -0.4 is 0 Å². The minimum absolute atomic E-state index is 0.000511. The predicted octanol–water partition coefficient (Wildman–Crippen LogP) is 0.442. The summed E-state index contributed by atoms with van der Waals surface area (Å²) in [6.45, 7) is 9.48. The van der Waals surface area contributed by atoms with Crippen molar-refractivity contribution >= 4 is 11.8 Å². The van der Waals surface area contributed by atoms with E-state index in [9.17, 15) is 9.59 Å². The van der Waals surface area contributed by atoms with E-state index < -0.39 is 6.04 Å². The number of amides is 2. The van der Waals surface area contributed by atoms with E-state index in [4.69, 9.17) is 0 Å². The smallest absolute Gasteiger partial charge is 0.277 e. The van der Waals surface area contributed by atoms with Gasteiger partial charge in [0, 0.05) is 19.6 Å². The molecule has 0 aromatic carbocycles. The molecule has 1 aromatic heterocycles. The Hall–Kier alpha value is -1.92. The number of aromatic amines is 1. The van der Waals surface area contributed by atoms with Gasteiger partial charge in [0.05, 0.1) is 5.69 Å². The Morgan fingerprint density at radius 2 is 2.10 bits per heavy atom. The summed E-state index contributed by atoms with van der Waals surface area (Å²) in [5.74, 6) is 0.187. The highest BCUT2D eigenvalue weighted by molar-refractivity contribution is 5.97. The third-order valence-corrected chi connectivity index (χ3v) is 3.52. The predicted molar refractivity (Wildman–Crippen MR) is 73.0 cm³/mol. The molecule has 1 aliphatic heterocycles. The number of rotatable bonds is 3. The Morgan fingerprint density at radius 1 is 1.40 bits per heavy atom. The lowest BCUT2D eigenvalue weighted by atomic mass is 10.1. The van der Waals surface area contributed by atoms with Crippen LogP contribution in [0.15, 0.2) is 0 Å². The zero-order valence-electron chi connectivity index (χ0n) is 12.4. The van der Waals surface area contributed by atoms with Crippen LogP contribution in [-0.2, 0) is 4.79 Å². The average Bonchev–Trinajstić information content (AvgIpc) is 2.80. The molecular weight excluding hydrogens is 258 g/mol. The number of aryl methyl sites for hydroxylation is 1. The first kappa shape index (κ1) is 14.5. The molecule has 0 unspecified atom stereocenters. The largest absolute Gasteiger partial charge is 0.339 e. The molecule has 1 aliphatic rings. The number of nitrogens with one attached hydrogen (secondary N) is 1. The number of hydrogen-bond acceptors (Lipinski definition) is 4. The first-order valence-electron chi connectivity index (χ1n) is 6.89. The second kappa shape index (κ2) is 5.60. The normalized spacial score (nSPS) is 19.9. The molecule has 110 valence electrons. The monoisotopic (exact) mass is 279 g/mol. The standard InChI is InChI=1S/C13H21N5O2/c1-8(2)7-17-5-6-18(10(4)12(17)19)13(20)11-9(3)14-16-15-11/h8,10H,5-7H2,1-4H3,(H,14,15,16)/t10-/m0/s1. The van der Waals surface area contributed by atoms with Crippen molar-refractivity contribution in [3.05, 3.63) is 11.4 Å². The van der Waals surface area contributed by atoms with Crippen LogP contribution in [0.2, 0.25) is 0 Å². The zero-order valence-corrected chi connectivity index (χ0v) is 12.4. The van der Waals surface area contributed by atoms with Crippen LogP contribution in [0.3, 0.4) is 0 Å². The van der Waals surface area contributed by atoms with E-state index >= 15 is 0 Å². The summed E-state index contributed by atoms with van der Waals surface area (Å²) in [6, 6.07) is -0.453. The van der Waals surface area contributed by atoms with Gasteiger partial charge in [-0.2, -0.15) is 15.4 Å². The van der Waals surface area contributed by atoms with Gasteiger partial charge in [-0.1, -0.05) is 13.8 Å². The van der Waals surface area contributed by atoms with Gasteiger partial charge >= 0.3 is 0 Å².